The molecule has 0 saturated heterocycles. The van der Waals surface area contributed by atoms with Crippen molar-refractivity contribution in [1.29, 1.82) is 5.26 Å². The van der Waals surface area contributed by atoms with Crippen LogP contribution in [0.1, 0.15) is 70.8 Å². The Labute approximate surface area is 157 Å². The maximum Gasteiger partial charge on any atom is 0.306 e. The molecule has 2 rings (SSSR count). The molecule has 0 bridgehead atoms. The van der Waals surface area contributed by atoms with E-state index >= 15 is 0 Å². The van der Waals surface area contributed by atoms with Crippen LogP contribution >= 0.6 is 0 Å². The van der Waals surface area contributed by atoms with Crippen molar-refractivity contribution in [2.24, 2.45) is 11.8 Å². The van der Waals surface area contributed by atoms with Crippen LogP contribution in [0.4, 0.5) is 0 Å². The van der Waals surface area contributed by atoms with E-state index in [1.807, 2.05) is 24.3 Å². The molecular weight excluding hydrogens is 326 g/mol. The second kappa shape index (κ2) is 9.62. The number of benzene rings is 1. The predicted octanol–water partition coefficient (Wildman–Crippen LogP) is 5.32. The van der Waals surface area contributed by atoms with Crippen molar-refractivity contribution in [2.45, 2.75) is 70.6 Å². The molecule has 1 fully saturated rings. The van der Waals surface area contributed by atoms with Gasteiger partial charge in [0.25, 0.3) is 0 Å². The van der Waals surface area contributed by atoms with E-state index in [1.54, 1.807) is 0 Å². The Balaban J connectivity index is 1.97. The highest BCUT2D eigenvalue weighted by atomic mass is 16.5. The van der Waals surface area contributed by atoms with Crippen LogP contribution < -0.4 is 4.74 Å². The first-order chi connectivity index (χ1) is 12.5. The number of carboxylic acids is 1. The van der Waals surface area contributed by atoms with Gasteiger partial charge in [-0.15, -0.1) is 0 Å². The lowest BCUT2D eigenvalue weighted by atomic mass is 9.67. The Morgan fingerprint density at radius 3 is 2.46 bits per heavy atom. The van der Waals surface area contributed by atoms with Crippen LogP contribution in [0.5, 0.6) is 5.75 Å². The van der Waals surface area contributed by atoms with Crippen molar-refractivity contribution >= 4 is 5.97 Å². The molecule has 26 heavy (non-hydrogen) atoms. The maximum absolute atomic E-state index is 11.2. The standard InChI is InChI=1S/C22H31NO3/c1-3-5-6-17(4-2)15-26-20-9-7-19(8-10-20)22(16-23)13-11-18(12-14-22)21(24)25/h7-10,17-18H,3-6,11-15H2,1-2H3,(H,24,25). The highest BCUT2D eigenvalue weighted by Crippen LogP contribution is 2.41. The fourth-order valence-corrected chi connectivity index (χ4v) is 3.80. The molecular formula is C22H31NO3. The smallest absolute Gasteiger partial charge is 0.306 e. The Hall–Kier alpha value is -2.02. The lowest BCUT2D eigenvalue weighted by Crippen LogP contribution is -2.32. The van der Waals surface area contributed by atoms with Crippen LogP contribution in [0, 0.1) is 23.2 Å². The van der Waals surface area contributed by atoms with Crippen LogP contribution in [0.15, 0.2) is 24.3 Å². The molecule has 4 heteroatoms. The zero-order valence-corrected chi connectivity index (χ0v) is 16.0. The fourth-order valence-electron chi connectivity index (χ4n) is 3.80. The molecule has 4 nitrogen and oxygen atoms in total. The molecule has 0 aromatic heterocycles. The average Bonchev–Trinajstić information content (AvgIpc) is 2.68. The largest absolute Gasteiger partial charge is 0.493 e. The number of hydrogen-bond donors (Lipinski definition) is 1. The number of aliphatic carboxylic acids is 1. The van der Waals surface area contributed by atoms with E-state index in [9.17, 15) is 10.1 Å². The second-order valence-corrected chi connectivity index (χ2v) is 7.56. The van der Waals surface area contributed by atoms with Gasteiger partial charge in [0.05, 0.1) is 24.0 Å². The van der Waals surface area contributed by atoms with Crippen molar-refractivity contribution in [1.82, 2.24) is 0 Å². The number of ether oxygens (including phenoxy) is 1. The van der Waals surface area contributed by atoms with Crippen LogP contribution in [0.3, 0.4) is 0 Å². The number of unbranched alkanes of at least 4 members (excludes halogenated alkanes) is 1. The van der Waals surface area contributed by atoms with Crippen LogP contribution in [-0.4, -0.2) is 17.7 Å². The van der Waals surface area contributed by atoms with Gasteiger partial charge in [0.2, 0.25) is 0 Å². The minimum Gasteiger partial charge on any atom is -0.493 e. The molecule has 0 amide bonds. The van der Waals surface area contributed by atoms with Crippen molar-refractivity contribution in [3.05, 3.63) is 29.8 Å². The van der Waals surface area contributed by atoms with Crippen LogP contribution in [-0.2, 0) is 10.2 Å². The Kier molecular flexibility index (Phi) is 7.50. The van der Waals surface area contributed by atoms with E-state index < -0.39 is 11.4 Å². The molecule has 1 aliphatic rings. The van der Waals surface area contributed by atoms with Crippen molar-refractivity contribution in [3.8, 4) is 11.8 Å². The summed E-state index contributed by atoms with van der Waals surface area (Å²) < 4.78 is 5.95. The maximum atomic E-state index is 11.2. The summed E-state index contributed by atoms with van der Waals surface area (Å²) in [6.07, 6.45) is 7.12. The monoisotopic (exact) mass is 357 g/mol. The summed E-state index contributed by atoms with van der Waals surface area (Å²) in [6.45, 7) is 5.15. The molecule has 1 aliphatic carbocycles. The summed E-state index contributed by atoms with van der Waals surface area (Å²) in [6, 6.07) is 10.3. The molecule has 0 radical (unpaired) electrons. The van der Waals surface area contributed by atoms with E-state index in [0.29, 0.717) is 31.6 Å². The third kappa shape index (κ3) is 5.00. The lowest BCUT2D eigenvalue weighted by Gasteiger charge is -2.34. The number of carboxylic acid groups (broad SMARTS) is 1. The predicted molar refractivity (Wildman–Crippen MR) is 102 cm³/mol. The minimum absolute atomic E-state index is 0.312. The number of nitriles is 1. The second-order valence-electron chi connectivity index (χ2n) is 7.56. The van der Waals surface area contributed by atoms with Gasteiger partial charge in [-0.1, -0.05) is 45.2 Å². The number of hydrogen-bond acceptors (Lipinski definition) is 3. The van der Waals surface area contributed by atoms with Crippen molar-refractivity contribution in [2.75, 3.05) is 6.61 Å². The quantitative estimate of drug-likeness (QED) is 0.649. The minimum atomic E-state index is -0.742. The Morgan fingerprint density at radius 2 is 1.96 bits per heavy atom. The summed E-state index contributed by atoms with van der Waals surface area (Å²) >= 11 is 0. The number of carbonyl (C=O) groups is 1. The first-order valence-corrected chi connectivity index (χ1v) is 9.92. The van der Waals surface area contributed by atoms with Gasteiger partial charge in [-0.3, -0.25) is 4.79 Å². The molecule has 142 valence electrons. The van der Waals surface area contributed by atoms with Gasteiger partial charge >= 0.3 is 5.97 Å². The van der Waals surface area contributed by atoms with Crippen molar-refractivity contribution < 1.29 is 14.6 Å². The van der Waals surface area contributed by atoms with E-state index in [0.717, 1.165) is 24.3 Å². The van der Waals surface area contributed by atoms with E-state index in [2.05, 4.69) is 19.9 Å². The van der Waals surface area contributed by atoms with Crippen molar-refractivity contribution in [3.63, 3.8) is 0 Å². The molecule has 1 aromatic rings. The van der Waals surface area contributed by atoms with Gasteiger partial charge in [-0.2, -0.15) is 5.26 Å². The molecule has 0 heterocycles. The highest BCUT2D eigenvalue weighted by Gasteiger charge is 2.39. The number of nitrogens with zero attached hydrogens (tertiary/aromatic N) is 1. The molecule has 1 atom stereocenters. The molecule has 0 spiro atoms. The molecule has 1 unspecified atom stereocenters. The topological polar surface area (TPSA) is 70.3 Å². The summed E-state index contributed by atoms with van der Waals surface area (Å²) in [5.74, 6) is 0.379. The SMILES string of the molecule is CCCCC(CC)COc1ccc(C2(C#N)CCC(C(=O)O)CC2)cc1. The third-order valence-electron chi connectivity index (χ3n) is 5.84. The zero-order chi connectivity index (χ0) is 19.0. The van der Waals surface area contributed by atoms with Gasteiger partial charge in [0.1, 0.15) is 5.75 Å². The Morgan fingerprint density at radius 1 is 1.31 bits per heavy atom. The Bertz CT molecular complexity index is 609. The van der Waals surface area contributed by atoms with Crippen LogP contribution in [0.25, 0.3) is 0 Å². The average molecular weight is 357 g/mol. The summed E-state index contributed by atoms with van der Waals surface area (Å²) in [4.78, 5) is 11.2. The summed E-state index contributed by atoms with van der Waals surface area (Å²) in [7, 11) is 0. The van der Waals surface area contributed by atoms with E-state index in [1.165, 1.54) is 19.3 Å². The number of rotatable bonds is 9. The van der Waals surface area contributed by atoms with Gasteiger partial charge < -0.3 is 9.84 Å². The summed E-state index contributed by atoms with van der Waals surface area (Å²) in [5, 5.41) is 18.9. The first kappa shape index (κ1) is 20.3. The normalized spacial score (nSPS) is 23.8. The van der Waals surface area contributed by atoms with Gasteiger partial charge in [-0.25, -0.2) is 0 Å². The van der Waals surface area contributed by atoms with Gasteiger partial charge in [0.15, 0.2) is 0 Å². The van der Waals surface area contributed by atoms with Gasteiger partial charge in [-0.05, 0) is 55.7 Å². The van der Waals surface area contributed by atoms with Gasteiger partial charge in [0, 0.05) is 0 Å². The fraction of sp³-hybridized carbons (Fsp3) is 0.636. The molecule has 1 N–H and O–H groups in total. The first-order valence-electron chi connectivity index (χ1n) is 9.92. The summed E-state index contributed by atoms with van der Waals surface area (Å²) in [5.41, 5.74) is 0.423. The molecule has 0 aliphatic heterocycles. The van der Waals surface area contributed by atoms with Crippen LogP contribution in [0.2, 0.25) is 0 Å². The van der Waals surface area contributed by atoms with E-state index in [-0.39, 0.29) is 5.92 Å². The molecule has 1 aromatic carbocycles. The third-order valence-corrected chi connectivity index (χ3v) is 5.84. The lowest BCUT2D eigenvalue weighted by molar-refractivity contribution is -0.143. The zero-order valence-electron chi connectivity index (χ0n) is 16.0. The van der Waals surface area contributed by atoms with E-state index in [4.69, 9.17) is 9.84 Å². The highest BCUT2D eigenvalue weighted by molar-refractivity contribution is 5.70. The molecule has 1 saturated carbocycles.